The van der Waals surface area contributed by atoms with Gasteiger partial charge in [0.05, 0.1) is 0 Å². The summed E-state index contributed by atoms with van der Waals surface area (Å²) in [4.78, 5) is 7.59. The van der Waals surface area contributed by atoms with Crippen molar-refractivity contribution in [2.24, 2.45) is 0 Å². The molecule has 73 heavy (non-hydrogen) atoms. The smallest absolute Gasteiger partial charge is 0.507 e. The molecule has 0 aromatic heterocycles. The standard InChI is InChI=1S/C53H57N3O2.2C7H7.Ti/c1-35(2)56-27-25-54(26-28-56)23-24-55(33-38-29-36(3)31-48(50(38)57)52(5)44-19-11-7-15-40(44)41-16-8-12-20-45(41)52)34-39-30-37(4)32-49(51(39)58)53(6)46-21-13-9-17-42(46)43-18-10-14-22-47(43)53;2*1-7-5-3-2-4-6-7;/h7-22,29-32,35,57-58H,23-28,33-34H2,1-6H3;2*2-6H,1H2;/q;2*-1;+3. The summed E-state index contributed by atoms with van der Waals surface area (Å²) < 4.78 is 0. The Morgan fingerprint density at radius 3 is 1.12 bits per heavy atom. The minimum absolute atomic E-state index is 0. The molecule has 0 unspecified atom stereocenters. The molecule has 1 saturated heterocycles. The number of piperazine rings is 1. The molecule has 6 heteroatoms. The zero-order valence-corrected chi connectivity index (χ0v) is 45.3. The molecule has 8 aromatic carbocycles. The van der Waals surface area contributed by atoms with Gasteiger partial charge in [0.15, 0.2) is 0 Å². The quantitative estimate of drug-likeness (QED) is 0.106. The molecule has 5 nitrogen and oxygen atoms in total. The zero-order valence-electron chi connectivity index (χ0n) is 43.7. The predicted molar refractivity (Wildman–Crippen MR) is 300 cm³/mol. The molecule has 0 spiro atoms. The van der Waals surface area contributed by atoms with E-state index < -0.39 is 10.8 Å². The van der Waals surface area contributed by atoms with E-state index in [1.165, 1.54) is 44.5 Å². The summed E-state index contributed by atoms with van der Waals surface area (Å²) in [6.07, 6.45) is 0. The first-order chi connectivity index (χ1) is 34.8. The topological polar surface area (TPSA) is 50.2 Å². The molecular weight excluding hydrogens is 927 g/mol. The van der Waals surface area contributed by atoms with Gasteiger partial charge in [0.2, 0.25) is 0 Å². The largest absolute Gasteiger partial charge is 3.00 e. The maximum Gasteiger partial charge on any atom is 3.00 e. The fraction of sp³-hybridized carbons (Fsp3) is 0.254. The van der Waals surface area contributed by atoms with Crippen LogP contribution in [0.2, 0.25) is 0 Å². The zero-order chi connectivity index (χ0) is 50.6. The molecule has 0 amide bonds. The van der Waals surface area contributed by atoms with Gasteiger partial charge in [-0.1, -0.05) is 145 Å². The Labute approximate surface area is 451 Å². The van der Waals surface area contributed by atoms with Crippen molar-refractivity contribution in [1.29, 1.82) is 0 Å². The first-order valence-electron chi connectivity index (χ1n) is 25.7. The number of fused-ring (bicyclic) bond motifs is 6. The molecule has 8 aromatic rings. The van der Waals surface area contributed by atoms with Gasteiger partial charge in [-0.15, -0.1) is 24.3 Å². The summed E-state index contributed by atoms with van der Waals surface area (Å²) >= 11 is 0. The average Bonchev–Trinajstić information content (AvgIpc) is 3.81. The Bertz CT molecular complexity index is 2850. The number of phenols is 2. The fourth-order valence-corrected chi connectivity index (χ4v) is 11.6. The van der Waals surface area contributed by atoms with Crippen molar-refractivity contribution in [3.63, 3.8) is 0 Å². The molecule has 369 valence electrons. The van der Waals surface area contributed by atoms with Crippen molar-refractivity contribution < 1.29 is 31.9 Å². The maximum atomic E-state index is 12.5. The van der Waals surface area contributed by atoms with Crippen molar-refractivity contribution in [1.82, 2.24) is 14.7 Å². The Kier molecular flexibility index (Phi) is 16.6. The number of phenolic OH excluding ortho intramolecular Hbond substituents is 2. The van der Waals surface area contributed by atoms with Crippen LogP contribution in [0.1, 0.15) is 94.5 Å². The number of rotatable bonds is 10. The molecule has 0 bridgehead atoms. The summed E-state index contributed by atoms with van der Waals surface area (Å²) in [5.41, 5.74) is 16.9. The molecule has 1 heterocycles. The van der Waals surface area contributed by atoms with Crippen LogP contribution in [0, 0.1) is 27.7 Å². The van der Waals surface area contributed by atoms with Gasteiger partial charge < -0.3 is 10.2 Å². The second kappa shape index (κ2) is 22.9. The van der Waals surface area contributed by atoms with Crippen molar-refractivity contribution in [3.8, 4) is 33.8 Å². The summed E-state index contributed by atoms with van der Waals surface area (Å²) in [6.45, 7) is 27.9. The van der Waals surface area contributed by atoms with Gasteiger partial charge >= 0.3 is 21.7 Å². The first-order valence-corrected chi connectivity index (χ1v) is 25.7. The fourth-order valence-electron chi connectivity index (χ4n) is 11.6. The average molecular weight is 998 g/mol. The molecule has 2 aliphatic carbocycles. The molecular formula is C67H71N3O2Ti+. The van der Waals surface area contributed by atoms with Gasteiger partial charge in [-0.05, 0) is 86.1 Å². The van der Waals surface area contributed by atoms with Crippen LogP contribution in [-0.2, 0) is 45.6 Å². The van der Waals surface area contributed by atoms with E-state index in [2.05, 4.69) is 191 Å². The number of nitrogens with zero attached hydrogens (tertiary/aromatic N) is 3. The summed E-state index contributed by atoms with van der Waals surface area (Å²) in [5.74, 6) is 0.715. The van der Waals surface area contributed by atoms with Crippen LogP contribution in [0.15, 0.2) is 182 Å². The molecule has 11 rings (SSSR count). The van der Waals surface area contributed by atoms with Gasteiger partial charge in [-0.3, -0.25) is 14.7 Å². The van der Waals surface area contributed by atoms with Crippen molar-refractivity contribution >= 4 is 0 Å². The number of hydrogen-bond acceptors (Lipinski definition) is 5. The Hall–Kier alpha value is -6.31. The van der Waals surface area contributed by atoms with E-state index in [1.54, 1.807) is 0 Å². The third-order valence-corrected chi connectivity index (χ3v) is 15.5. The third kappa shape index (κ3) is 10.9. The normalized spacial score (nSPS) is 14.9. The van der Waals surface area contributed by atoms with E-state index in [9.17, 15) is 10.2 Å². The molecule has 2 N–H and O–H groups in total. The van der Waals surface area contributed by atoms with Crippen LogP contribution < -0.4 is 0 Å². The number of aryl methyl sites for hydroxylation is 2. The summed E-state index contributed by atoms with van der Waals surface area (Å²) in [5, 5.41) is 25.0. The van der Waals surface area contributed by atoms with Crippen LogP contribution in [0.3, 0.4) is 0 Å². The number of hydrogen-bond donors (Lipinski definition) is 2. The minimum atomic E-state index is -0.508. The van der Waals surface area contributed by atoms with Crippen LogP contribution in [0.4, 0.5) is 0 Å². The Morgan fingerprint density at radius 2 is 0.808 bits per heavy atom. The second-order valence-corrected chi connectivity index (χ2v) is 20.7. The van der Waals surface area contributed by atoms with Crippen molar-refractivity contribution in [2.75, 3.05) is 39.3 Å². The van der Waals surface area contributed by atoms with E-state index in [0.29, 0.717) is 30.6 Å². The number of benzene rings is 8. The van der Waals surface area contributed by atoms with Crippen LogP contribution in [0.25, 0.3) is 22.3 Å². The van der Waals surface area contributed by atoms with Gasteiger partial charge in [0.25, 0.3) is 0 Å². The van der Waals surface area contributed by atoms with E-state index in [4.69, 9.17) is 0 Å². The van der Waals surface area contributed by atoms with Gasteiger partial charge in [0.1, 0.15) is 11.5 Å². The van der Waals surface area contributed by atoms with Gasteiger partial charge in [0, 0.05) is 91.5 Å². The van der Waals surface area contributed by atoms with Crippen LogP contribution in [0.5, 0.6) is 11.5 Å². The molecule has 1 aliphatic heterocycles. The SMILES string of the molecule is Cc1cc(CN(CCN2CCN(C(C)C)CC2)Cc2cc(C)cc(C3(C)c4ccccc4-c4ccccc43)c2O)c(O)c(C2(C)c3ccccc3-c3ccccc32)c1.[CH2-]c1ccccc1.[CH2-]c1ccccc1.[Ti+3]. The number of aromatic hydroxyl groups is 2. The molecule has 0 atom stereocenters. The minimum Gasteiger partial charge on any atom is -0.507 e. The maximum absolute atomic E-state index is 12.5. The van der Waals surface area contributed by atoms with Crippen molar-refractivity contribution in [2.45, 2.75) is 71.5 Å². The first kappa shape index (κ1) is 53.0. The summed E-state index contributed by atoms with van der Waals surface area (Å²) in [6, 6.07) is 63.7. The molecule has 1 fully saturated rings. The Morgan fingerprint density at radius 1 is 0.479 bits per heavy atom. The van der Waals surface area contributed by atoms with E-state index >= 15 is 0 Å². The molecule has 0 saturated carbocycles. The van der Waals surface area contributed by atoms with E-state index in [0.717, 1.165) is 83.8 Å². The monoisotopic (exact) mass is 998 g/mol. The molecule has 1 radical (unpaired) electrons. The van der Waals surface area contributed by atoms with Crippen LogP contribution in [-0.4, -0.2) is 70.2 Å². The van der Waals surface area contributed by atoms with E-state index in [-0.39, 0.29) is 21.7 Å². The van der Waals surface area contributed by atoms with Crippen LogP contribution >= 0.6 is 0 Å². The Balaban J connectivity index is 0.000000410. The summed E-state index contributed by atoms with van der Waals surface area (Å²) in [7, 11) is 0. The second-order valence-electron chi connectivity index (χ2n) is 20.7. The predicted octanol–water partition coefficient (Wildman–Crippen LogP) is 14.1. The van der Waals surface area contributed by atoms with Crippen molar-refractivity contribution in [3.05, 3.63) is 263 Å². The third-order valence-electron chi connectivity index (χ3n) is 15.5. The molecule has 3 aliphatic rings. The van der Waals surface area contributed by atoms with E-state index in [1.807, 2.05) is 60.7 Å². The van der Waals surface area contributed by atoms with Gasteiger partial charge in [-0.25, -0.2) is 0 Å². The van der Waals surface area contributed by atoms with Gasteiger partial charge in [-0.2, -0.15) is 49.2 Å².